The van der Waals surface area contributed by atoms with Crippen molar-refractivity contribution in [2.75, 3.05) is 32.7 Å². The van der Waals surface area contributed by atoms with Gasteiger partial charge in [0.2, 0.25) is 5.91 Å². The normalized spacial score (nSPS) is 27.2. The topological polar surface area (TPSA) is 35.6 Å². The Bertz CT molecular complexity index is 367. The highest BCUT2D eigenvalue weighted by atomic mass is 16.1. The molecule has 0 spiro atoms. The van der Waals surface area contributed by atoms with Gasteiger partial charge >= 0.3 is 0 Å². The smallest absolute Gasteiger partial charge is 0.224 e. The van der Waals surface area contributed by atoms with E-state index in [0.717, 1.165) is 25.7 Å². The van der Waals surface area contributed by atoms with Crippen molar-refractivity contribution in [3.05, 3.63) is 0 Å². The Morgan fingerprint density at radius 2 is 1.57 bits per heavy atom. The Kier molecular flexibility index (Phi) is 6.35. The fourth-order valence-electron chi connectivity index (χ4n) is 4.64. The van der Waals surface area contributed by atoms with Crippen molar-refractivity contribution >= 4 is 5.91 Å². The number of hydrogen-bond acceptors (Lipinski definition) is 3. The van der Waals surface area contributed by atoms with Gasteiger partial charge in [0.05, 0.1) is 0 Å². The van der Waals surface area contributed by atoms with E-state index < -0.39 is 0 Å². The van der Waals surface area contributed by atoms with E-state index in [9.17, 15) is 4.79 Å². The summed E-state index contributed by atoms with van der Waals surface area (Å²) in [5.41, 5.74) is 0. The molecule has 0 aromatic heterocycles. The van der Waals surface area contributed by atoms with E-state index in [1.54, 1.807) is 0 Å². The third-order valence-electron chi connectivity index (χ3n) is 6.18. The zero-order valence-electron chi connectivity index (χ0n) is 14.9. The van der Waals surface area contributed by atoms with E-state index in [-0.39, 0.29) is 11.8 Å². The molecule has 1 heterocycles. The number of carbonyl (C=O) groups excluding carboxylic acids is 1. The lowest BCUT2D eigenvalue weighted by Gasteiger charge is -2.38. The van der Waals surface area contributed by atoms with Gasteiger partial charge in [-0.15, -0.1) is 0 Å². The zero-order chi connectivity index (χ0) is 16.1. The summed E-state index contributed by atoms with van der Waals surface area (Å²) in [7, 11) is 0. The summed E-state index contributed by atoms with van der Waals surface area (Å²) in [6.07, 6.45) is 11.9. The second-order valence-corrected chi connectivity index (χ2v) is 8.02. The third kappa shape index (κ3) is 4.93. The highest BCUT2D eigenvalue weighted by Gasteiger charge is 2.28. The van der Waals surface area contributed by atoms with Crippen LogP contribution in [-0.4, -0.2) is 60.5 Å². The standard InChI is InChI=1S/C19H35N3O/c1-16(19(23)20-17-7-3-2-4-8-17)15-21-11-13-22(14-12-21)18-9-5-6-10-18/h16-18H,2-15H2,1H3,(H,20,23). The molecular weight excluding hydrogens is 286 g/mol. The van der Waals surface area contributed by atoms with Crippen LogP contribution in [-0.2, 0) is 4.79 Å². The molecule has 132 valence electrons. The van der Waals surface area contributed by atoms with Crippen molar-refractivity contribution in [1.82, 2.24) is 15.1 Å². The molecule has 4 nitrogen and oxygen atoms in total. The summed E-state index contributed by atoms with van der Waals surface area (Å²) in [6, 6.07) is 1.29. The molecule has 3 aliphatic rings. The summed E-state index contributed by atoms with van der Waals surface area (Å²) in [5.74, 6) is 0.394. The van der Waals surface area contributed by atoms with Gasteiger partial charge < -0.3 is 10.2 Å². The van der Waals surface area contributed by atoms with Crippen molar-refractivity contribution in [3.8, 4) is 0 Å². The first-order valence-corrected chi connectivity index (χ1v) is 9.99. The van der Waals surface area contributed by atoms with Gasteiger partial charge in [-0.25, -0.2) is 0 Å². The first-order valence-electron chi connectivity index (χ1n) is 9.99. The lowest BCUT2D eigenvalue weighted by Crippen LogP contribution is -2.51. The fourth-order valence-corrected chi connectivity index (χ4v) is 4.64. The zero-order valence-corrected chi connectivity index (χ0v) is 14.9. The highest BCUT2D eigenvalue weighted by Crippen LogP contribution is 2.24. The van der Waals surface area contributed by atoms with Crippen LogP contribution in [0.3, 0.4) is 0 Å². The van der Waals surface area contributed by atoms with Crippen molar-refractivity contribution < 1.29 is 4.79 Å². The monoisotopic (exact) mass is 321 g/mol. The van der Waals surface area contributed by atoms with E-state index in [0.29, 0.717) is 6.04 Å². The summed E-state index contributed by atoms with van der Waals surface area (Å²) >= 11 is 0. The predicted octanol–water partition coefficient (Wildman–Crippen LogP) is 2.63. The lowest BCUT2D eigenvalue weighted by molar-refractivity contribution is -0.126. The molecule has 1 aliphatic heterocycles. The molecule has 3 fully saturated rings. The van der Waals surface area contributed by atoms with Crippen LogP contribution in [0.5, 0.6) is 0 Å². The van der Waals surface area contributed by atoms with Crippen LogP contribution in [0.15, 0.2) is 0 Å². The fraction of sp³-hybridized carbons (Fsp3) is 0.947. The van der Waals surface area contributed by atoms with E-state index in [1.165, 1.54) is 70.9 Å². The van der Waals surface area contributed by atoms with Gasteiger partial charge in [-0.1, -0.05) is 39.0 Å². The van der Waals surface area contributed by atoms with Crippen LogP contribution in [0.4, 0.5) is 0 Å². The maximum absolute atomic E-state index is 12.4. The Labute approximate surface area is 142 Å². The van der Waals surface area contributed by atoms with Crippen LogP contribution in [0.2, 0.25) is 0 Å². The molecule has 0 aromatic rings. The minimum atomic E-state index is 0.120. The largest absolute Gasteiger partial charge is 0.353 e. The third-order valence-corrected chi connectivity index (χ3v) is 6.18. The molecule has 1 unspecified atom stereocenters. The number of amides is 1. The summed E-state index contributed by atoms with van der Waals surface area (Å²) in [6.45, 7) is 7.69. The minimum Gasteiger partial charge on any atom is -0.353 e. The number of piperazine rings is 1. The predicted molar refractivity (Wildman–Crippen MR) is 94.4 cm³/mol. The molecule has 4 heteroatoms. The first kappa shape index (κ1) is 17.2. The Morgan fingerprint density at radius 3 is 2.22 bits per heavy atom. The van der Waals surface area contributed by atoms with Gasteiger partial charge in [-0.2, -0.15) is 0 Å². The Hall–Kier alpha value is -0.610. The minimum absolute atomic E-state index is 0.120. The molecule has 0 radical (unpaired) electrons. The molecule has 2 aliphatic carbocycles. The second kappa shape index (κ2) is 8.48. The maximum Gasteiger partial charge on any atom is 0.224 e. The van der Waals surface area contributed by atoms with E-state index >= 15 is 0 Å². The molecule has 3 rings (SSSR count). The van der Waals surface area contributed by atoms with Gasteiger partial charge in [-0.05, 0) is 25.7 Å². The summed E-state index contributed by atoms with van der Waals surface area (Å²) < 4.78 is 0. The van der Waals surface area contributed by atoms with Gasteiger partial charge in [0.25, 0.3) is 0 Å². The van der Waals surface area contributed by atoms with Crippen molar-refractivity contribution in [1.29, 1.82) is 0 Å². The highest BCUT2D eigenvalue weighted by molar-refractivity contribution is 5.78. The number of nitrogens with one attached hydrogen (secondary N) is 1. The summed E-state index contributed by atoms with van der Waals surface area (Å²) in [5, 5.41) is 3.29. The van der Waals surface area contributed by atoms with Gasteiger partial charge in [0.15, 0.2) is 0 Å². The molecule has 1 amide bonds. The van der Waals surface area contributed by atoms with Crippen LogP contribution < -0.4 is 5.32 Å². The second-order valence-electron chi connectivity index (χ2n) is 8.02. The number of hydrogen-bond donors (Lipinski definition) is 1. The maximum atomic E-state index is 12.4. The molecule has 2 saturated carbocycles. The van der Waals surface area contributed by atoms with Crippen molar-refractivity contribution in [2.24, 2.45) is 5.92 Å². The van der Waals surface area contributed by atoms with E-state index in [1.807, 2.05) is 0 Å². The Balaban J connectivity index is 1.36. The molecule has 0 bridgehead atoms. The lowest BCUT2D eigenvalue weighted by atomic mass is 9.95. The summed E-state index contributed by atoms with van der Waals surface area (Å²) in [4.78, 5) is 17.6. The average Bonchev–Trinajstić information content (AvgIpc) is 3.11. The molecule has 1 saturated heterocycles. The SMILES string of the molecule is CC(CN1CCN(C2CCCC2)CC1)C(=O)NC1CCCCC1. The van der Waals surface area contributed by atoms with Crippen LogP contribution >= 0.6 is 0 Å². The van der Waals surface area contributed by atoms with Gasteiger partial charge in [0, 0.05) is 50.7 Å². The first-order chi connectivity index (χ1) is 11.2. The molecular formula is C19H35N3O. The van der Waals surface area contributed by atoms with E-state index in [4.69, 9.17) is 0 Å². The molecule has 1 N–H and O–H groups in total. The van der Waals surface area contributed by atoms with Crippen molar-refractivity contribution in [2.45, 2.75) is 76.8 Å². The quantitative estimate of drug-likeness (QED) is 0.845. The molecule has 0 aromatic carbocycles. The average molecular weight is 322 g/mol. The molecule has 1 atom stereocenters. The van der Waals surface area contributed by atoms with Crippen LogP contribution in [0.1, 0.15) is 64.7 Å². The van der Waals surface area contributed by atoms with E-state index in [2.05, 4.69) is 22.0 Å². The van der Waals surface area contributed by atoms with Gasteiger partial charge in [-0.3, -0.25) is 9.69 Å². The van der Waals surface area contributed by atoms with Crippen LogP contribution in [0, 0.1) is 5.92 Å². The Morgan fingerprint density at radius 1 is 0.957 bits per heavy atom. The van der Waals surface area contributed by atoms with Gasteiger partial charge in [0.1, 0.15) is 0 Å². The number of rotatable bonds is 5. The number of carbonyl (C=O) groups is 1. The van der Waals surface area contributed by atoms with Crippen LogP contribution in [0.25, 0.3) is 0 Å². The number of nitrogens with zero attached hydrogens (tertiary/aromatic N) is 2. The molecule has 23 heavy (non-hydrogen) atoms. The van der Waals surface area contributed by atoms with Crippen molar-refractivity contribution in [3.63, 3.8) is 0 Å².